The van der Waals surface area contributed by atoms with Gasteiger partial charge < -0.3 is 30.4 Å². The Morgan fingerprint density at radius 3 is 2.59 bits per heavy atom. The van der Waals surface area contributed by atoms with Crippen LogP contribution in [0.3, 0.4) is 0 Å². The lowest BCUT2D eigenvalue weighted by atomic mass is 10.1. The highest BCUT2D eigenvalue weighted by Gasteiger charge is 2.31. The highest BCUT2D eigenvalue weighted by molar-refractivity contribution is 8.00. The zero-order valence-corrected chi connectivity index (χ0v) is 17.3. The average Bonchev–Trinajstić information content (AvgIpc) is 3.04. The molecule has 2 heterocycles. The number of anilines is 1. The number of halogens is 1. The molecule has 0 bridgehead atoms. The van der Waals surface area contributed by atoms with Crippen LogP contribution in [0.2, 0.25) is 5.15 Å². The number of nitrogens with zero attached hydrogens (tertiary/aromatic N) is 4. The van der Waals surface area contributed by atoms with Crippen molar-refractivity contribution in [3.8, 4) is 5.69 Å². The molecule has 146 valence electrons. The second-order valence-electron chi connectivity index (χ2n) is 5.81. The van der Waals surface area contributed by atoms with Crippen LogP contribution in [0, 0.1) is 31.3 Å². The lowest BCUT2D eigenvalue weighted by Crippen LogP contribution is -2.44. The van der Waals surface area contributed by atoms with Crippen LogP contribution in [-0.2, 0) is 9.59 Å². The number of amides is 2. The molecule has 0 aliphatic rings. The lowest BCUT2D eigenvalue weighted by Gasteiger charge is -2.29. The van der Waals surface area contributed by atoms with E-state index in [4.69, 9.17) is 11.6 Å². The third kappa shape index (κ3) is 5.27. The van der Waals surface area contributed by atoms with Gasteiger partial charge in [0.2, 0.25) is 11.8 Å². The van der Waals surface area contributed by atoms with Crippen LogP contribution in [0.5, 0.6) is 0 Å². The van der Waals surface area contributed by atoms with Crippen molar-refractivity contribution in [2.75, 3.05) is 16.4 Å². The molecule has 2 unspecified atom stereocenters. The topological polar surface area (TPSA) is 68.1 Å². The molecule has 2 aromatic heterocycles. The standard InChI is InChI=1S/C18H20ClN4O2S2/c1-12(10-26-3)17(24)23(18(25)13(2)11-27-4)15-9-22(21-16(15)19)14-6-5-7-20-8-14/h5-9,12-13H,1,3-4,10-11H2,2H3/q-3. The number of aromatic nitrogens is 3. The second kappa shape index (κ2) is 10.1. The van der Waals surface area contributed by atoms with Crippen LogP contribution in [0.4, 0.5) is 5.69 Å². The Morgan fingerprint density at radius 1 is 1.30 bits per heavy atom. The lowest BCUT2D eigenvalue weighted by molar-refractivity contribution is -0.129. The van der Waals surface area contributed by atoms with Crippen molar-refractivity contribution in [3.05, 3.63) is 55.3 Å². The number of carbonyl (C=O) groups excluding carboxylic acids is 2. The minimum Gasteiger partial charge on any atom is -0.356 e. The van der Waals surface area contributed by atoms with Gasteiger partial charge in [0.25, 0.3) is 0 Å². The van der Waals surface area contributed by atoms with E-state index in [1.807, 2.05) is 0 Å². The van der Waals surface area contributed by atoms with Crippen molar-refractivity contribution >= 4 is 52.6 Å². The van der Waals surface area contributed by atoms with Gasteiger partial charge in [0.1, 0.15) is 5.69 Å². The molecule has 0 aromatic carbocycles. The molecular formula is C18H20ClN4O2S2-3. The first-order valence-corrected chi connectivity index (χ1v) is 10.7. The molecular weight excluding hydrogens is 404 g/mol. The second-order valence-corrected chi connectivity index (χ2v) is 7.65. The monoisotopic (exact) mass is 423 g/mol. The van der Waals surface area contributed by atoms with Crippen LogP contribution >= 0.6 is 35.1 Å². The van der Waals surface area contributed by atoms with Gasteiger partial charge in [0, 0.05) is 12.1 Å². The van der Waals surface area contributed by atoms with Gasteiger partial charge in [-0.25, -0.2) is 9.58 Å². The number of imide groups is 1. The SMILES string of the molecule is [CH2-]SCC([CH2-])C(=O)N(C(=O)C(C)CS[CH2-])c1cn(-c2cccnc2)nc1Cl. The predicted octanol–water partition coefficient (Wildman–Crippen LogP) is 3.92. The number of hydrogen-bond acceptors (Lipinski definition) is 6. The van der Waals surface area contributed by atoms with Crippen molar-refractivity contribution < 1.29 is 9.59 Å². The van der Waals surface area contributed by atoms with Crippen LogP contribution in [0.15, 0.2) is 30.7 Å². The Labute approximate surface area is 173 Å². The van der Waals surface area contributed by atoms with Crippen molar-refractivity contribution in [1.29, 1.82) is 0 Å². The summed E-state index contributed by atoms with van der Waals surface area (Å²) in [7, 11) is 0. The smallest absolute Gasteiger partial charge is 0.237 e. The van der Waals surface area contributed by atoms with E-state index in [1.165, 1.54) is 28.2 Å². The molecule has 2 aromatic rings. The maximum Gasteiger partial charge on any atom is 0.237 e. The summed E-state index contributed by atoms with van der Waals surface area (Å²) in [5, 5.41) is 4.26. The molecule has 0 fully saturated rings. The molecule has 27 heavy (non-hydrogen) atoms. The molecule has 2 rings (SSSR count). The van der Waals surface area contributed by atoms with Gasteiger partial charge in [-0.2, -0.15) is 5.10 Å². The molecule has 0 N–H and O–H groups in total. The maximum absolute atomic E-state index is 13.0. The Bertz CT molecular complexity index is 761. The van der Waals surface area contributed by atoms with Gasteiger partial charge in [-0.3, -0.25) is 27.1 Å². The molecule has 0 saturated carbocycles. The summed E-state index contributed by atoms with van der Waals surface area (Å²) in [4.78, 5) is 31.1. The number of rotatable bonds is 8. The van der Waals surface area contributed by atoms with E-state index >= 15 is 0 Å². The van der Waals surface area contributed by atoms with Crippen molar-refractivity contribution in [3.63, 3.8) is 0 Å². The first-order chi connectivity index (χ1) is 12.9. The largest absolute Gasteiger partial charge is 0.356 e. The summed E-state index contributed by atoms with van der Waals surface area (Å²) in [5.74, 6) is -1.02. The Morgan fingerprint density at radius 2 is 2.00 bits per heavy atom. The molecule has 6 nitrogen and oxygen atoms in total. The first kappa shape index (κ1) is 21.8. The normalized spacial score (nSPS) is 13.2. The molecule has 0 saturated heterocycles. The Balaban J connectivity index is 2.45. The summed E-state index contributed by atoms with van der Waals surface area (Å²) in [5.41, 5.74) is 0.880. The number of hydrogen-bond donors (Lipinski definition) is 0. The molecule has 0 spiro atoms. The zero-order valence-electron chi connectivity index (χ0n) is 14.9. The number of carbonyl (C=O) groups is 2. The van der Waals surface area contributed by atoms with Crippen LogP contribution < -0.4 is 4.90 Å². The van der Waals surface area contributed by atoms with E-state index < -0.39 is 17.7 Å². The van der Waals surface area contributed by atoms with Gasteiger partial charge in [-0.1, -0.05) is 30.2 Å². The molecule has 2 amide bonds. The molecule has 0 radical (unpaired) electrons. The average molecular weight is 424 g/mol. The molecule has 0 aliphatic heterocycles. The van der Waals surface area contributed by atoms with E-state index in [1.54, 1.807) is 37.6 Å². The zero-order chi connectivity index (χ0) is 20.0. The third-order valence-corrected chi connectivity index (χ3v) is 5.34. The quantitative estimate of drug-likeness (QED) is 0.599. The van der Waals surface area contributed by atoms with E-state index in [0.29, 0.717) is 17.2 Å². The molecule has 9 heteroatoms. The summed E-state index contributed by atoms with van der Waals surface area (Å²) >= 11 is 8.81. The van der Waals surface area contributed by atoms with Crippen LogP contribution in [-0.4, -0.2) is 38.1 Å². The van der Waals surface area contributed by atoms with Gasteiger partial charge >= 0.3 is 0 Å². The minimum atomic E-state index is -0.645. The fraction of sp³-hybridized carbons (Fsp3) is 0.278. The summed E-state index contributed by atoms with van der Waals surface area (Å²) in [6.07, 6.45) is 12.2. The minimum absolute atomic E-state index is 0.0458. The van der Waals surface area contributed by atoms with E-state index in [9.17, 15) is 9.59 Å². The van der Waals surface area contributed by atoms with Gasteiger partial charge in [0.05, 0.1) is 18.1 Å². The predicted molar refractivity (Wildman–Crippen MR) is 113 cm³/mol. The Hall–Kier alpha value is -1.51. The van der Waals surface area contributed by atoms with Crippen molar-refractivity contribution in [1.82, 2.24) is 14.8 Å². The fourth-order valence-electron chi connectivity index (χ4n) is 2.33. The van der Waals surface area contributed by atoms with Crippen molar-refractivity contribution in [2.45, 2.75) is 6.92 Å². The molecule has 2 atom stereocenters. The summed E-state index contributed by atoms with van der Waals surface area (Å²) < 4.78 is 1.48. The van der Waals surface area contributed by atoms with Gasteiger partial charge in [-0.15, -0.1) is 0 Å². The van der Waals surface area contributed by atoms with Gasteiger partial charge in [0.15, 0.2) is 5.15 Å². The van der Waals surface area contributed by atoms with Crippen LogP contribution in [0.1, 0.15) is 6.92 Å². The first-order valence-electron chi connectivity index (χ1n) is 8.01. The highest BCUT2D eigenvalue weighted by Crippen LogP contribution is 2.29. The summed E-state index contributed by atoms with van der Waals surface area (Å²) in [6.45, 7) is 5.60. The highest BCUT2D eigenvalue weighted by atomic mass is 35.5. The maximum atomic E-state index is 13.0. The van der Waals surface area contributed by atoms with Gasteiger partial charge in [-0.05, 0) is 17.9 Å². The fourth-order valence-corrected chi connectivity index (χ4v) is 3.46. The Kier molecular flexibility index (Phi) is 8.19. The molecule has 0 aliphatic carbocycles. The number of pyridine rings is 1. The third-order valence-electron chi connectivity index (χ3n) is 3.70. The van der Waals surface area contributed by atoms with Crippen LogP contribution in [0.25, 0.3) is 5.69 Å². The van der Waals surface area contributed by atoms with E-state index in [2.05, 4.69) is 29.5 Å². The summed E-state index contributed by atoms with van der Waals surface area (Å²) in [6, 6.07) is 3.54. The van der Waals surface area contributed by atoms with E-state index in [-0.39, 0.29) is 16.7 Å². The van der Waals surface area contributed by atoms with E-state index in [0.717, 1.165) is 4.90 Å². The number of thioether (sulfide) groups is 2. The van der Waals surface area contributed by atoms with Crippen molar-refractivity contribution in [2.24, 2.45) is 11.8 Å².